The maximum Gasteiger partial charge on any atom is 0.337 e. The molecule has 0 spiro atoms. The lowest BCUT2D eigenvalue weighted by atomic mass is 10.0. The quantitative estimate of drug-likeness (QED) is 0.268. The molecule has 0 fully saturated rings. The van der Waals surface area contributed by atoms with Gasteiger partial charge in [0.15, 0.2) is 0 Å². The minimum atomic E-state index is -0.394. The molecule has 0 saturated carbocycles. The van der Waals surface area contributed by atoms with Gasteiger partial charge in [0.1, 0.15) is 0 Å². The van der Waals surface area contributed by atoms with Gasteiger partial charge in [-0.05, 0) is 29.9 Å². The Labute approximate surface area is 163 Å². The molecule has 0 saturated heterocycles. The molecule has 0 aliphatic carbocycles. The third-order valence-electron chi connectivity index (χ3n) is 4.67. The third kappa shape index (κ3) is 8.21. The van der Waals surface area contributed by atoms with Crippen LogP contribution in [0.4, 0.5) is 0 Å². The van der Waals surface area contributed by atoms with Crippen molar-refractivity contribution in [1.29, 1.82) is 0 Å². The van der Waals surface area contributed by atoms with E-state index in [-0.39, 0.29) is 5.92 Å². The molecule has 1 unspecified atom stereocenters. The van der Waals surface area contributed by atoms with Gasteiger partial charge in [-0.2, -0.15) is 0 Å². The van der Waals surface area contributed by atoms with Gasteiger partial charge < -0.3 is 4.74 Å². The maximum absolute atomic E-state index is 12.0. The van der Waals surface area contributed by atoms with Gasteiger partial charge in [0, 0.05) is 18.3 Å². The van der Waals surface area contributed by atoms with E-state index in [4.69, 9.17) is 4.74 Å². The van der Waals surface area contributed by atoms with Crippen LogP contribution in [0.1, 0.15) is 69.4 Å². The molecule has 1 aromatic carbocycles. The van der Waals surface area contributed by atoms with Gasteiger partial charge >= 0.3 is 5.97 Å². The molecule has 144 valence electrons. The number of nitrogens with zero attached hydrogens (tertiary/aromatic N) is 1. The van der Waals surface area contributed by atoms with E-state index in [0.29, 0.717) is 5.88 Å². The number of ether oxygens (including phenoxy) is 1. The summed E-state index contributed by atoms with van der Waals surface area (Å²) in [5.74, 6) is 0.115. The first-order chi connectivity index (χ1) is 13.2. The Kier molecular flexibility index (Phi) is 9.33. The zero-order valence-electron chi connectivity index (χ0n) is 16.6. The monoisotopic (exact) mass is 365 g/mol. The number of hydrogen-bond donors (Lipinski definition) is 0. The van der Waals surface area contributed by atoms with Gasteiger partial charge in [0.25, 0.3) is 0 Å². The first kappa shape index (κ1) is 20.9. The van der Waals surface area contributed by atoms with E-state index in [1.807, 2.05) is 48.7 Å². The minimum Gasteiger partial charge on any atom is -0.404 e. The summed E-state index contributed by atoms with van der Waals surface area (Å²) in [6.45, 7) is 4.29. The number of carbonyl (C=O) groups excluding carboxylic acids is 1. The number of pyridine rings is 1. The van der Waals surface area contributed by atoms with E-state index in [1.165, 1.54) is 55.7 Å². The highest BCUT2D eigenvalue weighted by Gasteiger charge is 2.05. The van der Waals surface area contributed by atoms with Crippen molar-refractivity contribution in [2.24, 2.45) is 0 Å². The van der Waals surface area contributed by atoms with Crippen LogP contribution in [0, 0.1) is 0 Å². The van der Waals surface area contributed by atoms with Crippen LogP contribution in [-0.2, 0) is 11.2 Å². The number of carbonyl (C=O) groups is 1. The van der Waals surface area contributed by atoms with Gasteiger partial charge in [-0.15, -0.1) is 0 Å². The van der Waals surface area contributed by atoms with Crippen molar-refractivity contribution in [2.45, 2.75) is 64.7 Å². The van der Waals surface area contributed by atoms with Crippen LogP contribution in [-0.4, -0.2) is 11.0 Å². The molecule has 3 nitrogen and oxygen atoms in total. The molecule has 27 heavy (non-hydrogen) atoms. The minimum absolute atomic E-state index is 0.159. The molecule has 1 heterocycles. The second-order valence-corrected chi connectivity index (χ2v) is 7.00. The summed E-state index contributed by atoms with van der Waals surface area (Å²) in [4.78, 5) is 16.2. The number of benzene rings is 1. The predicted molar refractivity (Wildman–Crippen MR) is 111 cm³/mol. The molecule has 0 amide bonds. The highest BCUT2D eigenvalue weighted by molar-refractivity contribution is 5.83. The second kappa shape index (κ2) is 12.1. The Bertz CT molecular complexity index is 692. The van der Waals surface area contributed by atoms with E-state index < -0.39 is 5.97 Å². The Balaban J connectivity index is 1.73. The van der Waals surface area contributed by atoms with E-state index in [2.05, 4.69) is 18.8 Å². The van der Waals surface area contributed by atoms with E-state index in [1.54, 1.807) is 6.07 Å². The van der Waals surface area contributed by atoms with Crippen molar-refractivity contribution in [3.63, 3.8) is 0 Å². The number of allylic oxidation sites excluding steroid dienone is 1. The molecule has 2 aromatic rings. The van der Waals surface area contributed by atoms with Crippen molar-refractivity contribution in [2.75, 3.05) is 0 Å². The van der Waals surface area contributed by atoms with Gasteiger partial charge in [0.2, 0.25) is 5.88 Å². The smallest absolute Gasteiger partial charge is 0.337 e. The fourth-order valence-electron chi connectivity index (χ4n) is 2.96. The van der Waals surface area contributed by atoms with Crippen LogP contribution in [0.15, 0.2) is 60.8 Å². The average molecular weight is 366 g/mol. The van der Waals surface area contributed by atoms with Gasteiger partial charge in [-0.3, -0.25) is 0 Å². The molecule has 2 rings (SSSR count). The standard InChI is InChI=1S/C24H31NO2/c1-3-4-5-6-7-9-12-21-16-17-23(25-19-21)27-24(26)18-15-20(2)22-13-10-8-11-14-22/h8,10-11,13-20H,3-7,9,12H2,1-2H3/b18-15+. The third-order valence-corrected chi connectivity index (χ3v) is 4.67. The molecule has 0 aliphatic rings. The normalized spacial score (nSPS) is 12.2. The summed E-state index contributed by atoms with van der Waals surface area (Å²) in [7, 11) is 0. The Morgan fingerprint density at radius 3 is 2.48 bits per heavy atom. The fraction of sp³-hybridized carbons (Fsp3) is 0.417. The van der Waals surface area contributed by atoms with Crippen LogP contribution >= 0.6 is 0 Å². The zero-order valence-corrected chi connectivity index (χ0v) is 16.6. The average Bonchev–Trinajstić information content (AvgIpc) is 2.70. The lowest BCUT2D eigenvalue weighted by Crippen LogP contribution is -2.06. The summed E-state index contributed by atoms with van der Waals surface area (Å²) < 4.78 is 5.29. The molecule has 1 aromatic heterocycles. The highest BCUT2D eigenvalue weighted by atomic mass is 16.5. The largest absolute Gasteiger partial charge is 0.404 e. The number of hydrogen-bond acceptors (Lipinski definition) is 3. The van der Waals surface area contributed by atoms with Crippen LogP contribution < -0.4 is 4.74 Å². The lowest BCUT2D eigenvalue weighted by Gasteiger charge is -2.06. The lowest BCUT2D eigenvalue weighted by molar-refractivity contribution is -0.129. The molecule has 0 bridgehead atoms. The molecule has 0 aliphatic heterocycles. The molecule has 0 radical (unpaired) electrons. The Morgan fingerprint density at radius 1 is 1.04 bits per heavy atom. The molecule has 3 heteroatoms. The maximum atomic E-state index is 12.0. The SMILES string of the molecule is CCCCCCCCc1ccc(OC(=O)/C=C/C(C)c2ccccc2)nc1. The van der Waals surface area contributed by atoms with Crippen LogP contribution in [0.5, 0.6) is 5.88 Å². The molecule has 0 N–H and O–H groups in total. The van der Waals surface area contributed by atoms with Gasteiger partial charge in [0.05, 0.1) is 0 Å². The zero-order chi connectivity index (χ0) is 19.3. The van der Waals surface area contributed by atoms with Crippen molar-refractivity contribution >= 4 is 5.97 Å². The second-order valence-electron chi connectivity index (χ2n) is 7.00. The summed E-state index contributed by atoms with van der Waals surface area (Å²) in [5.41, 5.74) is 2.36. The Morgan fingerprint density at radius 2 is 1.78 bits per heavy atom. The van der Waals surface area contributed by atoms with Crippen molar-refractivity contribution in [3.05, 3.63) is 71.9 Å². The van der Waals surface area contributed by atoms with E-state index in [9.17, 15) is 4.79 Å². The van der Waals surface area contributed by atoms with E-state index >= 15 is 0 Å². The number of rotatable bonds is 11. The van der Waals surface area contributed by atoms with Gasteiger partial charge in [-0.25, -0.2) is 9.78 Å². The number of aromatic nitrogens is 1. The van der Waals surface area contributed by atoms with Crippen LogP contribution in [0.25, 0.3) is 0 Å². The van der Waals surface area contributed by atoms with E-state index in [0.717, 1.165) is 6.42 Å². The number of unbranched alkanes of at least 4 members (excludes halogenated alkanes) is 5. The van der Waals surface area contributed by atoms with Crippen molar-refractivity contribution in [1.82, 2.24) is 4.98 Å². The molecular formula is C24H31NO2. The number of esters is 1. The predicted octanol–water partition coefficient (Wildman–Crippen LogP) is 6.25. The summed E-state index contributed by atoms with van der Waals surface area (Å²) in [6, 6.07) is 13.8. The fourth-order valence-corrected chi connectivity index (χ4v) is 2.96. The summed E-state index contributed by atoms with van der Waals surface area (Å²) >= 11 is 0. The topological polar surface area (TPSA) is 39.2 Å². The van der Waals surface area contributed by atoms with Crippen molar-refractivity contribution < 1.29 is 9.53 Å². The van der Waals surface area contributed by atoms with Crippen molar-refractivity contribution in [3.8, 4) is 5.88 Å². The summed E-state index contributed by atoms with van der Waals surface area (Å²) in [5, 5.41) is 0. The number of aryl methyl sites for hydroxylation is 1. The first-order valence-corrected chi connectivity index (χ1v) is 10.1. The first-order valence-electron chi connectivity index (χ1n) is 10.1. The molecule has 1 atom stereocenters. The highest BCUT2D eigenvalue weighted by Crippen LogP contribution is 2.16. The van der Waals surface area contributed by atoms with Gasteiger partial charge in [-0.1, -0.05) is 88.4 Å². The van der Waals surface area contributed by atoms with Crippen LogP contribution in [0.3, 0.4) is 0 Å². The summed E-state index contributed by atoms with van der Waals surface area (Å²) in [6.07, 6.45) is 13.9. The van der Waals surface area contributed by atoms with Crippen LogP contribution in [0.2, 0.25) is 0 Å². The molecular weight excluding hydrogens is 334 g/mol. The Hall–Kier alpha value is -2.42.